The number of halogens is 1. The summed E-state index contributed by atoms with van der Waals surface area (Å²) in [6.45, 7) is 5.67. The van der Waals surface area contributed by atoms with Crippen molar-refractivity contribution in [3.8, 4) is 5.75 Å². The van der Waals surface area contributed by atoms with E-state index in [-0.39, 0.29) is 0 Å². The van der Waals surface area contributed by atoms with Crippen molar-refractivity contribution in [1.82, 2.24) is 9.80 Å². The van der Waals surface area contributed by atoms with Crippen LogP contribution in [0.5, 0.6) is 5.75 Å². The van der Waals surface area contributed by atoms with E-state index >= 15 is 0 Å². The predicted molar refractivity (Wildman–Crippen MR) is 75.4 cm³/mol. The number of phenolic OH excluding ortho intramolecular Hbond substituents is 1. The zero-order chi connectivity index (χ0) is 13.0. The molecule has 100 valence electrons. The molecule has 1 N–H and O–H groups in total. The zero-order valence-electron chi connectivity index (χ0n) is 10.9. The van der Waals surface area contributed by atoms with Gasteiger partial charge in [-0.2, -0.15) is 0 Å². The van der Waals surface area contributed by atoms with Crippen LogP contribution in [0.2, 0.25) is 5.02 Å². The highest BCUT2D eigenvalue weighted by atomic mass is 35.5. The second-order valence-corrected chi connectivity index (χ2v) is 5.39. The number of hydrogen-bond donors (Lipinski definition) is 1. The highest BCUT2D eigenvalue weighted by molar-refractivity contribution is 6.31. The molecule has 1 aromatic carbocycles. The van der Waals surface area contributed by atoms with Crippen LogP contribution < -0.4 is 0 Å². The maximum absolute atomic E-state index is 9.76. The van der Waals surface area contributed by atoms with Gasteiger partial charge in [0.1, 0.15) is 5.75 Å². The second kappa shape index (κ2) is 6.41. The topological polar surface area (TPSA) is 26.7 Å². The second-order valence-electron chi connectivity index (χ2n) is 4.99. The first-order chi connectivity index (χ1) is 8.66. The summed E-state index contributed by atoms with van der Waals surface area (Å²) in [6.07, 6.45) is 1.89. The molecule has 0 saturated carbocycles. The summed E-state index contributed by atoms with van der Waals surface area (Å²) in [5.41, 5.74) is 0.883. The van der Waals surface area contributed by atoms with Crippen molar-refractivity contribution in [2.24, 2.45) is 0 Å². The van der Waals surface area contributed by atoms with Crippen LogP contribution in [0.1, 0.15) is 12.0 Å². The summed E-state index contributed by atoms with van der Waals surface area (Å²) in [4.78, 5) is 4.84. The normalized spacial score (nSPS) is 18.1. The van der Waals surface area contributed by atoms with Crippen LogP contribution in [0.3, 0.4) is 0 Å². The highest BCUT2D eigenvalue weighted by Gasteiger charge is 2.13. The first-order valence-electron chi connectivity index (χ1n) is 6.54. The largest absolute Gasteiger partial charge is 0.508 e. The summed E-state index contributed by atoms with van der Waals surface area (Å²) < 4.78 is 0. The van der Waals surface area contributed by atoms with Crippen LogP contribution in [0, 0.1) is 0 Å². The van der Waals surface area contributed by atoms with Crippen LogP contribution in [0.15, 0.2) is 18.2 Å². The maximum Gasteiger partial charge on any atom is 0.120 e. The van der Waals surface area contributed by atoms with E-state index in [2.05, 4.69) is 16.8 Å². The Morgan fingerprint density at radius 2 is 1.94 bits per heavy atom. The van der Waals surface area contributed by atoms with E-state index in [1.165, 1.54) is 0 Å². The van der Waals surface area contributed by atoms with E-state index in [9.17, 15) is 5.11 Å². The van der Waals surface area contributed by atoms with E-state index < -0.39 is 0 Å². The Morgan fingerprint density at radius 1 is 1.22 bits per heavy atom. The molecule has 0 bridgehead atoms. The Morgan fingerprint density at radius 3 is 2.61 bits per heavy atom. The summed E-state index contributed by atoms with van der Waals surface area (Å²) in [5.74, 6) is 0.320. The van der Waals surface area contributed by atoms with Crippen LogP contribution in [0.25, 0.3) is 0 Å². The van der Waals surface area contributed by atoms with Crippen molar-refractivity contribution in [1.29, 1.82) is 0 Å². The van der Waals surface area contributed by atoms with E-state index in [1.807, 2.05) is 6.07 Å². The number of hydrogen-bond acceptors (Lipinski definition) is 3. The average molecular weight is 269 g/mol. The number of rotatable bonds is 4. The van der Waals surface area contributed by atoms with E-state index in [1.54, 1.807) is 12.1 Å². The number of benzene rings is 1. The Labute approximate surface area is 114 Å². The average Bonchev–Trinajstić information content (AvgIpc) is 2.35. The van der Waals surface area contributed by atoms with Gasteiger partial charge >= 0.3 is 0 Å². The molecule has 1 fully saturated rings. The van der Waals surface area contributed by atoms with Crippen LogP contribution in [-0.2, 0) is 6.42 Å². The van der Waals surface area contributed by atoms with Crippen molar-refractivity contribution in [3.05, 3.63) is 28.8 Å². The highest BCUT2D eigenvalue weighted by Crippen LogP contribution is 2.26. The fourth-order valence-electron chi connectivity index (χ4n) is 2.35. The van der Waals surface area contributed by atoms with Crippen molar-refractivity contribution >= 4 is 11.6 Å². The molecule has 0 aromatic heterocycles. The lowest BCUT2D eigenvalue weighted by Gasteiger charge is -2.32. The summed E-state index contributed by atoms with van der Waals surface area (Å²) in [6, 6.07) is 5.32. The lowest BCUT2D eigenvalue weighted by Crippen LogP contribution is -2.44. The summed E-state index contributed by atoms with van der Waals surface area (Å²) >= 11 is 6.09. The van der Waals surface area contributed by atoms with Gasteiger partial charge in [-0.05, 0) is 38.6 Å². The lowest BCUT2D eigenvalue weighted by molar-refractivity contribution is 0.153. The third kappa shape index (κ3) is 3.61. The van der Waals surface area contributed by atoms with E-state index in [0.29, 0.717) is 10.8 Å². The molecule has 2 rings (SSSR count). The third-order valence-electron chi connectivity index (χ3n) is 3.59. The van der Waals surface area contributed by atoms with Crippen LogP contribution >= 0.6 is 11.6 Å². The molecule has 1 aliphatic rings. The zero-order valence-corrected chi connectivity index (χ0v) is 11.7. The fraction of sp³-hybridized carbons (Fsp3) is 0.571. The van der Waals surface area contributed by atoms with Gasteiger partial charge in [0, 0.05) is 36.8 Å². The molecule has 1 aromatic rings. The Balaban J connectivity index is 1.78. The third-order valence-corrected chi connectivity index (χ3v) is 3.95. The number of nitrogens with zero attached hydrogens (tertiary/aromatic N) is 2. The molecule has 1 aliphatic heterocycles. The van der Waals surface area contributed by atoms with Gasteiger partial charge in [-0.25, -0.2) is 0 Å². The van der Waals surface area contributed by atoms with Gasteiger partial charge in [-0.1, -0.05) is 17.7 Å². The van der Waals surface area contributed by atoms with Gasteiger partial charge in [-0.3, -0.25) is 0 Å². The first kappa shape index (κ1) is 13.7. The number of phenols is 1. The molecule has 1 heterocycles. The molecule has 4 heteroatoms. The van der Waals surface area contributed by atoms with Crippen molar-refractivity contribution < 1.29 is 5.11 Å². The molecule has 0 amide bonds. The van der Waals surface area contributed by atoms with Gasteiger partial charge in [0.05, 0.1) is 0 Å². The Kier molecular flexibility index (Phi) is 4.87. The minimum Gasteiger partial charge on any atom is -0.508 e. The van der Waals surface area contributed by atoms with Gasteiger partial charge in [0.2, 0.25) is 0 Å². The van der Waals surface area contributed by atoms with E-state index in [4.69, 9.17) is 11.6 Å². The van der Waals surface area contributed by atoms with Gasteiger partial charge in [0.15, 0.2) is 0 Å². The molecule has 3 nitrogen and oxygen atoms in total. The predicted octanol–water partition coefficient (Wildman–Crippen LogP) is 2.23. The molecule has 0 aliphatic carbocycles. The minimum atomic E-state index is 0.320. The SMILES string of the molecule is CN1CCN(CCCc2c(O)cccc2Cl)CC1. The molecular formula is C14H21ClN2O. The molecule has 1 saturated heterocycles. The molecule has 0 atom stereocenters. The monoisotopic (exact) mass is 268 g/mol. The van der Waals surface area contributed by atoms with Gasteiger partial charge in [0.25, 0.3) is 0 Å². The van der Waals surface area contributed by atoms with E-state index in [0.717, 1.165) is 51.1 Å². The molecule has 0 radical (unpaired) electrons. The van der Waals surface area contributed by atoms with Crippen molar-refractivity contribution in [2.75, 3.05) is 39.8 Å². The maximum atomic E-state index is 9.76. The molecule has 18 heavy (non-hydrogen) atoms. The number of likely N-dealkylation sites (N-methyl/N-ethyl adjacent to an activating group) is 1. The summed E-state index contributed by atoms with van der Waals surface area (Å²) in [5, 5.41) is 10.4. The van der Waals surface area contributed by atoms with Crippen LogP contribution in [0.4, 0.5) is 0 Å². The van der Waals surface area contributed by atoms with Crippen molar-refractivity contribution in [3.63, 3.8) is 0 Å². The Hall–Kier alpha value is -0.770. The number of piperazine rings is 1. The quantitative estimate of drug-likeness (QED) is 0.907. The molecule has 0 unspecified atom stereocenters. The Bertz CT molecular complexity index is 369. The van der Waals surface area contributed by atoms with Crippen molar-refractivity contribution in [2.45, 2.75) is 12.8 Å². The number of aromatic hydroxyl groups is 1. The molecular weight excluding hydrogens is 248 g/mol. The van der Waals surface area contributed by atoms with Crippen LogP contribution in [-0.4, -0.2) is 54.7 Å². The smallest absolute Gasteiger partial charge is 0.120 e. The van der Waals surface area contributed by atoms with Gasteiger partial charge < -0.3 is 14.9 Å². The summed E-state index contributed by atoms with van der Waals surface area (Å²) in [7, 11) is 2.17. The van der Waals surface area contributed by atoms with Gasteiger partial charge in [-0.15, -0.1) is 0 Å². The molecule has 0 spiro atoms. The minimum absolute atomic E-state index is 0.320. The lowest BCUT2D eigenvalue weighted by atomic mass is 10.1. The standard InChI is InChI=1S/C14H21ClN2O/c1-16-8-10-17(11-9-16)7-3-4-12-13(15)5-2-6-14(12)18/h2,5-6,18H,3-4,7-11H2,1H3. The fourth-order valence-corrected chi connectivity index (χ4v) is 2.61. The first-order valence-corrected chi connectivity index (χ1v) is 6.92.